The van der Waals surface area contributed by atoms with E-state index in [9.17, 15) is 0 Å². The molecule has 0 bridgehead atoms. The Bertz CT molecular complexity index is 512. The first-order chi connectivity index (χ1) is 7.58. The van der Waals surface area contributed by atoms with Gasteiger partial charge in [-0.1, -0.05) is 33.6 Å². The molecule has 0 saturated carbocycles. The molecule has 2 N–H and O–H groups in total. The van der Waals surface area contributed by atoms with Gasteiger partial charge in [-0.3, -0.25) is 0 Å². The lowest BCUT2D eigenvalue weighted by Crippen LogP contribution is -2.10. The van der Waals surface area contributed by atoms with E-state index in [0.717, 1.165) is 18.7 Å². The van der Waals surface area contributed by atoms with E-state index in [0.29, 0.717) is 5.02 Å². The standard InChI is InChI=1S/C11H8Br2ClNS/c12-6-1-2-7(8(14)5-6)11(15)9-3-4-10(13)16-9/h1-5,11H,15H2. The number of benzene rings is 1. The highest BCUT2D eigenvalue weighted by atomic mass is 79.9. The van der Waals surface area contributed by atoms with Gasteiger partial charge in [0.15, 0.2) is 0 Å². The smallest absolute Gasteiger partial charge is 0.0702 e. The van der Waals surface area contributed by atoms with E-state index in [4.69, 9.17) is 17.3 Å². The van der Waals surface area contributed by atoms with Crippen molar-refractivity contribution in [1.82, 2.24) is 0 Å². The molecule has 5 heteroatoms. The van der Waals surface area contributed by atoms with Crippen LogP contribution < -0.4 is 5.73 Å². The third kappa shape index (κ3) is 2.68. The zero-order valence-electron chi connectivity index (χ0n) is 8.08. The molecule has 0 amide bonds. The Morgan fingerprint density at radius 3 is 2.50 bits per heavy atom. The highest BCUT2D eigenvalue weighted by molar-refractivity contribution is 9.11. The third-order valence-electron chi connectivity index (χ3n) is 2.20. The zero-order chi connectivity index (χ0) is 11.7. The highest BCUT2D eigenvalue weighted by Gasteiger charge is 2.14. The lowest BCUT2D eigenvalue weighted by atomic mass is 10.1. The molecule has 1 aromatic carbocycles. The third-order valence-corrected chi connectivity index (χ3v) is 4.73. The van der Waals surface area contributed by atoms with Crippen LogP contribution in [-0.4, -0.2) is 0 Å². The molecular formula is C11H8Br2ClNS. The molecule has 0 saturated heterocycles. The van der Waals surface area contributed by atoms with Crippen LogP contribution in [0.5, 0.6) is 0 Å². The number of thiophene rings is 1. The van der Waals surface area contributed by atoms with Crippen LogP contribution in [0, 0.1) is 0 Å². The molecule has 0 fully saturated rings. The summed E-state index contributed by atoms with van der Waals surface area (Å²) in [5.74, 6) is 0. The second-order valence-electron chi connectivity index (χ2n) is 3.29. The largest absolute Gasteiger partial charge is 0.320 e. The van der Waals surface area contributed by atoms with Gasteiger partial charge < -0.3 is 5.73 Å². The van der Waals surface area contributed by atoms with Crippen LogP contribution in [0.15, 0.2) is 38.6 Å². The van der Waals surface area contributed by atoms with Gasteiger partial charge in [-0.15, -0.1) is 11.3 Å². The fourth-order valence-electron chi connectivity index (χ4n) is 1.40. The van der Waals surface area contributed by atoms with Gasteiger partial charge in [-0.05, 0) is 45.8 Å². The Kier molecular flexibility index (Phi) is 4.08. The molecule has 2 aromatic rings. The summed E-state index contributed by atoms with van der Waals surface area (Å²) in [6.07, 6.45) is 0. The summed E-state index contributed by atoms with van der Waals surface area (Å²) in [5.41, 5.74) is 7.11. The molecule has 2 rings (SSSR count). The fraction of sp³-hybridized carbons (Fsp3) is 0.0909. The molecule has 0 aliphatic heterocycles. The van der Waals surface area contributed by atoms with Gasteiger partial charge in [0.2, 0.25) is 0 Å². The van der Waals surface area contributed by atoms with Crippen molar-refractivity contribution in [1.29, 1.82) is 0 Å². The minimum Gasteiger partial charge on any atom is -0.320 e. The lowest BCUT2D eigenvalue weighted by Gasteiger charge is -2.12. The van der Waals surface area contributed by atoms with Crippen LogP contribution in [0.4, 0.5) is 0 Å². The maximum absolute atomic E-state index is 6.17. The Morgan fingerprint density at radius 1 is 1.19 bits per heavy atom. The van der Waals surface area contributed by atoms with E-state index < -0.39 is 0 Å². The first-order valence-corrected chi connectivity index (χ1v) is 7.32. The van der Waals surface area contributed by atoms with Crippen molar-refractivity contribution >= 4 is 54.8 Å². The molecule has 0 aliphatic rings. The fourth-order valence-corrected chi connectivity index (χ4v) is 3.64. The van der Waals surface area contributed by atoms with Crippen molar-refractivity contribution in [3.05, 3.63) is 54.1 Å². The number of rotatable bonds is 2. The number of hydrogen-bond donors (Lipinski definition) is 1. The van der Waals surface area contributed by atoms with Gasteiger partial charge in [0.1, 0.15) is 0 Å². The second-order valence-corrected chi connectivity index (χ2v) is 7.10. The summed E-state index contributed by atoms with van der Waals surface area (Å²) >= 11 is 14.6. The predicted octanol–water partition coefficient (Wildman–Crippen LogP) is 4.97. The lowest BCUT2D eigenvalue weighted by molar-refractivity contribution is 0.893. The molecular weight excluding hydrogens is 373 g/mol. The first kappa shape index (κ1) is 12.6. The quantitative estimate of drug-likeness (QED) is 0.780. The summed E-state index contributed by atoms with van der Waals surface area (Å²) < 4.78 is 2.03. The van der Waals surface area contributed by atoms with Crippen LogP contribution in [0.3, 0.4) is 0 Å². The van der Waals surface area contributed by atoms with Crippen LogP contribution in [0.25, 0.3) is 0 Å². The van der Waals surface area contributed by atoms with Crippen molar-refractivity contribution in [2.75, 3.05) is 0 Å². The molecule has 16 heavy (non-hydrogen) atoms. The monoisotopic (exact) mass is 379 g/mol. The Morgan fingerprint density at radius 2 is 1.94 bits per heavy atom. The molecule has 0 spiro atoms. The van der Waals surface area contributed by atoms with Gasteiger partial charge in [-0.2, -0.15) is 0 Å². The van der Waals surface area contributed by atoms with Crippen LogP contribution in [0.1, 0.15) is 16.5 Å². The van der Waals surface area contributed by atoms with E-state index in [1.165, 1.54) is 0 Å². The number of hydrogen-bond acceptors (Lipinski definition) is 2. The molecule has 1 nitrogen and oxygen atoms in total. The maximum atomic E-state index is 6.17. The number of nitrogens with two attached hydrogens (primary N) is 1. The highest BCUT2D eigenvalue weighted by Crippen LogP contribution is 2.33. The molecule has 1 atom stereocenters. The molecule has 0 radical (unpaired) electrons. The summed E-state index contributed by atoms with van der Waals surface area (Å²) in [5, 5.41) is 0.686. The van der Waals surface area contributed by atoms with Crippen LogP contribution in [-0.2, 0) is 0 Å². The SMILES string of the molecule is NC(c1ccc(Br)s1)c1ccc(Br)cc1Cl. The molecule has 0 aliphatic carbocycles. The normalized spacial score (nSPS) is 12.8. The first-order valence-electron chi connectivity index (χ1n) is 4.53. The van der Waals surface area contributed by atoms with Crippen molar-refractivity contribution in [3.8, 4) is 0 Å². The predicted molar refractivity (Wildman–Crippen MR) is 77.2 cm³/mol. The van der Waals surface area contributed by atoms with Crippen LogP contribution in [0.2, 0.25) is 5.02 Å². The van der Waals surface area contributed by atoms with E-state index >= 15 is 0 Å². The maximum Gasteiger partial charge on any atom is 0.0702 e. The van der Waals surface area contributed by atoms with Gasteiger partial charge in [0.05, 0.1) is 9.83 Å². The average molecular weight is 382 g/mol. The minimum atomic E-state index is -0.170. The van der Waals surface area contributed by atoms with Crippen molar-refractivity contribution in [3.63, 3.8) is 0 Å². The molecule has 84 valence electrons. The van der Waals surface area contributed by atoms with Gasteiger partial charge in [0.25, 0.3) is 0 Å². The Labute approximate surface area is 120 Å². The topological polar surface area (TPSA) is 26.0 Å². The average Bonchev–Trinajstić information content (AvgIpc) is 2.64. The van der Waals surface area contributed by atoms with E-state index in [-0.39, 0.29) is 6.04 Å². The van der Waals surface area contributed by atoms with Gasteiger partial charge in [-0.25, -0.2) is 0 Å². The van der Waals surface area contributed by atoms with Gasteiger partial charge >= 0.3 is 0 Å². The van der Waals surface area contributed by atoms with E-state index in [2.05, 4.69) is 31.9 Å². The summed E-state index contributed by atoms with van der Waals surface area (Å²) in [6.45, 7) is 0. The molecule has 1 unspecified atom stereocenters. The van der Waals surface area contributed by atoms with Crippen molar-refractivity contribution < 1.29 is 0 Å². The van der Waals surface area contributed by atoms with Gasteiger partial charge in [0, 0.05) is 14.4 Å². The zero-order valence-corrected chi connectivity index (χ0v) is 12.8. The minimum absolute atomic E-state index is 0.170. The number of halogens is 3. The second kappa shape index (κ2) is 5.19. The summed E-state index contributed by atoms with van der Waals surface area (Å²) in [4.78, 5) is 1.09. The van der Waals surface area contributed by atoms with E-state index in [1.54, 1.807) is 11.3 Å². The summed E-state index contributed by atoms with van der Waals surface area (Å²) in [7, 11) is 0. The Hall–Kier alpha value is 0.130. The van der Waals surface area contributed by atoms with Crippen molar-refractivity contribution in [2.45, 2.75) is 6.04 Å². The Balaban J connectivity index is 2.37. The molecule has 1 heterocycles. The van der Waals surface area contributed by atoms with E-state index in [1.807, 2.05) is 30.3 Å². The summed E-state index contributed by atoms with van der Waals surface area (Å²) in [6, 6.07) is 9.59. The molecule has 1 aromatic heterocycles. The van der Waals surface area contributed by atoms with Crippen molar-refractivity contribution in [2.24, 2.45) is 5.73 Å². The van der Waals surface area contributed by atoms with Crippen LogP contribution >= 0.6 is 54.8 Å².